The van der Waals surface area contributed by atoms with Crippen molar-refractivity contribution >= 4 is 11.8 Å². The maximum atomic E-state index is 12.8. The number of nitrogens with two attached hydrogens (primary N) is 1. The van der Waals surface area contributed by atoms with Gasteiger partial charge in [-0.25, -0.2) is 4.68 Å². The highest BCUT2D eigenvalue weighted by Crippen LogP contribution is 2.20. The van der Waals surface area contributed by atoms with E-state index in [4.69, 9.17) is 10.5 Å². The number of ether oxygens (including phenoxy) is 1. The molecule has 2 aromatic carbocycles. The van der Waals surface area contributed by atoms with Gasteiger partial charge in [0.05, 0.1) is 11.4 Å². The summed E-state index contributed by atoms with van der Waals surface area (Å²) in [5.41, 5.74) is 9.49. The lowest BCUT2D eigenvalue weighted by Gasteiger charge is -2.18. The van der Waals surface area contributed by atoms with Crippen molar-refractivity contribution in [2.24, 2.45) is 5.73 Å². The molecule has 7 heteroatoms. The van der Waals surface area contributed by atoms with Crippen LogP contribution in [0.25, 0.3) is 5.69 Å². The van der Waals surface area contributed by atoms with E-state index in [2.05, 4.69) is 5.10 Å². The van der Waals surface area contributed by atoms with Crippen molar-refractivity contribution in [3.05, 3.63) is 77.1 Å². The van der Waals surface area contributed by atoms with Gasteiger partial charge in [-0.2, -0.15) is 5.10 Å². The molecule has 0 atom stereocenters. The van der Waals surface area contributed by atoms with Gasteiger partial charge < -0.3 is 15.4 Å². The predicted octanol–water partition coefficient (Wildman–Crippen LogP) is 2.63. The molecule has 0 radical (unpaired) electrons. The summed E-state index contributed by atoms with van der Waals surface area (Å²) in [6.07, 6.45) is 0. The number of hydrogen-bond donors (Lipinski definition) is 1. The molecule has 0 saturated carbocycles. The summed E-state index contributed by atoms with van der Waals surface area (Å²) in [5.74, 6) is -0.178. The molecule has 0 aliphatic heterocycles. The van der Waals surface area contributed by atoms with E-state index >= 15 is 0 Å². The third-order valence-corrected chi connectivity index (χ3v) is 4.67. The minimum Gasteiger partial charge on any atom is -0.484 e. The first kappa shape index (κ1) is 20.1. The van der Waals surface area contributed by atoms with Gasteiger partial charge in [-0.15, -0.1) is 0 Å². The van der Waals surface area contributed by atoms with Crippen molar-refractivity contribution in [2.45, 2.75) is 20.4 Å². The fourth-order valence-electron chi connectivity index (χ4n) is 3.10. The van der Waals surface area contributed by atoms with E-state index in [-0.39, 0.29) is 12.5 Å². The molecule has 0 aliphatic carbocycles. The summed E-state index contributed by atoms with van der Waals surface area (Å²) in [6, 6.07) is 16.5. The van der Waals surface area contributed by atoms with E-state index in [9.17, 15) is 9.59 Å². The molecule has 1 aromatic heterocycles. The van der Waals surface area contributed by atoms with Gasteiger partial charge in [-0.1, -0.05) is 18.2 Å². The standard InChI is InChI=1S/C22H24N4O3/c1-15-20(16(2)26(24-15)18-7-5-4-6-8-18)13-25(3)22(28)17-9-11-19(12-10-17)29-14-21(23)27/h4-12H,13-14H2,1-3H3,(H2,23,27). The number of carbonyl (C=O) groups is 2. The summed E-state index contributed by atoms with van der Waals surface area (Å²) >= 11 is 0. The predicted molar refractivity (Wildman–Crippen MR) is 110 cm³/mol. The van der Waals surface area contributed by atoms with Crippen LogP contribution in [0.5, 0.6) is 5.75 Å². The maximum Gasteiger partial charge on any atom is 0.255 e. The second-order valence-corrected chi connectivity index (χ2v) is 6.84. The first-order valence-electron chi connectivity index (χ1n) is 9.24. The summed E-state index contributed by atoms with van der Waals surface area (Å²) in [5, 5.41) is 4.64. The minimum atomic E-state index is -0.549. The lowest BCUT2D eigenvalue weighted by atomic mass is 10.1. The number of primary amides is 1. The van der Waals surface area contributed by atoms with Gasteiger partial charge >= 0.3 is 0 Å². The van der Waals surface area contributed by atoms with Crippen LogP contribution in [0, 0.1) is 13.8 Å². The first-order chi connectivity index (χ1) is 13.9. The molecule has 3 rings (SSSR count). The Hall–Kier alpha value is -3.61. The van der Waals surface area contributed by atoms with Crippen molar-refractivity contribution in [2.75, 3.05) is 13.7 Å². The SMILES string of the molecule is Cc1nn(-c2ccccc2)c(C)c1CN(C)C(=O)c1ccc(OCC(N)=O)cc1. The van der Waals surface area contributed by atoms with E-state index in [0.29, 0.717) is 17.9 Å². The zero-order chi connectivity index (χ0) is 21.0. The van der Waals surface area contributed by atoms with E-state index < -0.39 is 5.91 Å². The Labute approximate surface area is 169 Å². The molecule has 3 aromatic rings. The second-order valence-electron chi connectivity index (χ2n) is 6.84. The van der Waals surface area contributed by atoms with Crippen LogP contribution < -0.4 is 10.5 Å². The van der Waals surface area contributed by atoms with Crippen molar-refractivity contribution in [1.29, 1.82) is 0 Å². The number of rotatable bonds is 7. The van der Waals surface area contributed by atoms with Crippen LogP contribution in [-0.2, 0) is 11.3 Å². The minimum absolute atomic E-state index is 0.113. The Balaban J connectivity index is 1.73. The highest BCUT2D eigenvalue weighted by atomic mass is 16.5. The Morgan fingerprint density at radius 3 is 2.34 bits per heavy atom. The molecular formula is C22H24N4O3. The molecule has 0 unspecified atom stereocenters. The van der Waals surface area contributed by atoms with Gasteiger partial charge in [0, 0.05) is 30.4 Å². The summed E-state index contributed by atoms with van der Waals surface area (Å²) in [7, 11) is 1.76. The number of aromatic nitrogens is 2. The van der Waals surface area contributed by atoms with Crippen LogP contribution in [0.4, 0.5) is 0 Å². The molecule has 2 N–H and O–H groups in total. The smallest absolute Gasteiger partial charge is 0.255 e. The topological polar surface area (TPSA) is 90.4 Å². The normalized spacial score (nSPS) is 10.6. The fraction of sp³-hybridized carbons (Fsp3) is 0.227. The number of nitrogens with zero attached hydrogens (tertiary/aromatic N) is 3. The molecule has 7 nitrogen and oxygen atoms in total. The highest BCUT2D eigenvalue weighted by molar-refractivity contribution is 5.94. The number of para-hydroxylation sites is 1. The van der Waals surface area contributed by atoms with Gasteiger partial charge in [-0.3, -0.25) is 9.59 Å². The van der Waals surface area contributed by atoms with Crippen LogP contribution in [0.2, 0.25) is 0 Å². The van der Waals surface area contributed by atoms with Gasteiger partial charge in [0.25, 0.3) is 11.8 Å². The van der Waals surface area contributed by atoms with Gasteiger partial charge in [-0.05, 0) is 50.2 Å². The third-order valence-electron chi connectivity index (χ3n) is 4.67. The molecule has 0 bridgehead atoms. The number of carbonyl (C=O) groups excluding carboxylic acids is 2. The summed E-state index contributed by atoms with van der Waals surface area (Å²) in [6.45, 7) is 4.21. The van der Waals surface area contributed by atoms with Crippen LogP contribution in [-0.4, -0.2) is 40.1 Å². The fourth-order valence-corrected chi connectivity index (χ4v) is 3.10. The Bertz CT molecular complexity index is 1010. The zero-order valence-corrected chi connectivity index (χ0v) is 16.8. The van der Waals surface area contributed by atoms with Crippen molar-refractivity contribution in [3.8, 4) is 11.4 Å². The summed E-state index contributed by atoms with van der Waals surface area (Å²) in [4.78, 5) is 25.3. The monoisotopic (exact) mass is 392 g/mol. The molecule has 0 aliphatic rings. The maximum absolute atomic E-state index is 12.8. The highest BCUT2D eigenvalue weighted by Gasteiger charge is 2.18. The number of amides is 2. The molecule has 2 amide bonds. The van der Waals surface area contributed by atoms with E-state index in [1.807, 2.05) is 48.9 Å². The number of aryl methyl sites for hydroxylation is 1. The lowest BCUT2D eigenvalue weighted by molar-refractivity contribution is -0.119. The Morgan fingerprint density at radius 2 is 1.72 bits per heavy atom. The van der Waals surface area contributed by atoms with Crippen LogP contribution in [0.15, 0.2) is 54.6 Å². The average Bonchev–Trinajstić information content (AvgIpc) is 3.01. The van der Waals surface area contributed by atoms with Crippen LogP contribution in [0.3, 0.4) is 0 Å². The second kappa shape index (κ2) is 8.60. The molecule has 1 heterocycles. The molecular weight excluding hydrogens is 368 g/mol. The van der Waals surface area contributed by atoms with Crippen LogP contribution in [0.1, 0.15) is 27.3 Å². The molecule has 0 spiro atoms. The molecule has 150 valence electrons. The van der Waals surface area contributed by atoms with Gasteiger partial charge in [0.15, 0.2) is 6.61 Å². The van der Waals surface area contributed by atoms with Gasteiger partial charge in [0.2, 0.25) is 0 Å². The van der Waals surface area contributed by atoms with E-state index in [0.717, 1.165) is 22.6 Å². The number of hydrogen-bond acceptors (Lipinski definition) is 4. The molecule has 0 fully saturated rings. The average molecular weight is 392 g/mol. The molecule has 0 saturated heterocycles. The quantitative estimate of drug-likeness (QED) is 0.669. The van der Waals surface area contributed by atoms with Gasteiger partial charge in [0.1, 0.15) is 5.75 Å². The first-order valence-corrected chi connectivity index (χ1v) is 9.24. The van der Waals surface area contributed by atoms with Crippen molar-refractivity contribution in [1.82, 2.24) is 14.7 Å². The summed E-state index contributed by atoms with van der Waals surface area (Å²) < 4.78 is 7.12. The van der Waals surface area contributed by atoms with Crippen molar-refractivity contribution < 1.29 is 14.3 Å². The Kier molecular flexibility index (Phi) is 5.97. The Morgan fingerprint density at radius 1 is 1.07 bits per heavy atom. The largest absolute Gasteiger partial charge is 0.484 e. The lowest BCUT2D eigenvalue weighted by Crippen LogP contribution is -2.26. The van der Waals surface area contributed by atoms with Crippen molar-refractivity contribution in [3.63, 3.8) is 0 Å². The van der Waals surface area contributed by atoms with E-state index in [1.54, 1.807) is 36.2 Å². The third kappa shape index (κ3) is 4.63. The molecule has 29 heavy (non-hydrogen) atoms. The zero-order valence-electron chi connectivity index (χ0n) is 16.8. The van der Waals surface area contributed by atoms with E-state index in [1.165, 1.54) is 0 Å². The number of benzene rings is 2. The van der Waals surface area contributed by atoms with Crippen LogP contribution >= 0.6 is 0 Å².